The highest BCUT2D eigenvalue weighted by molar-refractivity contribution is 5.46. The molecule has 0 aliphatic carbocycles. The van der Waals surface area contributed by atoms with E-state index in [2.05, 4.69) is 57.0 Å². The lowest BCUT2D eigenvalue weighted by atomic mass is 10.00. The highest BCUT2D eigenvalue weighted by atomic mass is 15.1. The first-order chi connectivity index (χ1) is 7.92. The van der Waals surface area contributed by atoms with E-state index in [-0.39, 0.29) is 5.54 Å². The lowest BCUT2D eigenvalue weighted by Crippen LogP contribution is -2.33. The topological polar surface area (TPSA) is 29.3 Å². The normalized spacial score (nSPS) is 11.6. The summed E-state index contributed by atoms with van der Waals surface area (Å²) in [6.45, 7) is 7.42. The van der Waals surface area contributed by atoms with Crippen LogP contribution in [0.1, 0.15) is 39.2 Å². The van der Waals surface area contributed by atoms with E-state index in [0.717, 1.165) is 25.8 Å². The van der Waals surface area contributed by atoms with E-state index in [9.17, 15) is 0 Å². The van der Waals surface area contributed by atoms with Gasteiger partial charge in [-0.15, -0.1) is 0 Å². The molecule has 0 spiro atoms. The molecular weight excluding hydrogens is 208 g/mol. The first-order valence-electron chi connectivity index (χ1n) is 6.51. The standard InChI is InChI=1S/C15H26N2/c1-5-13-7-9-14(10-8-13)17(4)12-6-11-15(2,3)16/h7-10H,5-6,11-12,16H2,1-4H3. The zero-order valence-corrected chi connectivity index (χ0v) is 11.7. The number of benzene rings is 1. The van der Waals surface area contributed by atoms with Crippen LogP contribution < -0.4 is 10.6 Å². The molecule has 17 heavy (non-hydrogen) atoms. The van der Waals surface area contributed by atoms with Crippen LogP contribution in [0.5, 0.6) is 0 Å². The van der Waals surface area contributed by atoms with E-state index in [1.54, 1.807) is 0 Å². The summed E-state index contributed by atoms with van der Waals surface area (Å²) in [6, 6.07) is 8.82. The molecule has 0 aliphatic rings. The van der Waals surface area contributed by atoms with E-state index in [4.69, 9.17) is 5.73 Å². The summed E-state index contributed by atoms with van der Waals surface area (Å²) in [7, 11) is 2.14. The number of hydrogen-bond acceptors (Lipinski definition) is 2. The number of nitrogens with two attached hydrogens (primary N) is 1. The Morgan fingerprint density at radius 3 is 2.24 bits per heavy atom. The fourth-order valence-electron chi connectivity index (χ4n) is 1.89. The van der Waals surface area contributed by atoms with Gasteiger partial charge in [0.15, 0.2) is 0 Å². The van der Waals surface area contributed by atoms with Gasteiger partial charge in [-0.2, -0.15) is 0 Å². The SMILES string of the molecule is CCc1ccc(N(C)CCCC(C)(C)N)cc1. The lowest BCUT2D eigenvalue weighted by molar-refractivity contribution is 0.460. The van der Waals surface area contributed by atoms with Gasteiger partial charge in [0, 0.05) is 24.8 Å². The summed E-state index contributed by atoms with van der Waals surface area (Å²) >= 11 is 0. The van der Waals surface area contributed by atoms with Crippen molar-refractivity contribution in [2.75, 3.05) is 18.5 Å². The fourth-order valence-corrected chi connectivity index (χ4v) is 1.89. The van der Waals surface area contributed by atoms with Crippen molar-refractivity contribution in [3.63, 3.8) is 0 Å². The molecule has 0 aliphatic heterocycles. The van der Waals surface area contributed by atoms with E-state index in [1.165, 1.54) is 11.3 Å². The van der Waals surface area contributed by atoms with Crippen molar-refractivity contribution < 1.29 is 0 Å². The number of hydrogen-bond donors (Lipinski definition) is 1. The Kier molecular flexibility index (Phi) is 5.01. The molecule has 0 saturated heterocycles. The molecular formula is C15H26N2. The van der Waals surface area contributed by atoms with Crippen molar-refractivity contribution in [3.05, 3.63) is 29.8 Å². The van der Waals surface area contributed by atoms with Crippen LogP contribution in [0.25, 0.3) is 0 Å². The Morgan fingerprint density at radius 2 is 1.76 bits per heavy atom. The molecule has 1 aromatic rings. The molecule has 0 heterocycles. The van der Waals surface area contributed by atoms with Gasteiger partial charge in [-0.05, 0) is 50.8 Å². The highest BCUT2D eigenvalue weighted by Crippen LogP contribution is 2.16. The number of rotatable bonds is 6. The Hall–Kier alpha value is -1.02. The zero-order valence-electron chi connectivity index (χ0n) is 11.7. The van der Waals surface area contributed by atoms with Gasteiger partial charge < -0.3 is 10.6 Å². The first-order valence-corrected chi connectivity index (χ1v) is 6.51. The van der Waals surface area contributed by atoms with Crippen LogP contribution in [0.3, 0.4) is 0 Å². The van der Waals surface area contributed by atoms with Gasteiger partial charge in [-0.1, -0.05) is 19.1 Å². The van der Waals surface area contributed by atoms with Gasteiger partial charge in [-0.25, -0.2) is 0 Å². The van der Waals surface area contributed by atoms with E-state index in [1.807, 2.05) is 0 Å². The monoisotopic (exact) mass is 234 g/mol. The fraction of sp³-hybridized carbons (Fsp3) is 0.600. The van der Waals surface area contributed by atoms with Crippen molar-refractivity contribution in [3.8, 4) is 0 Å². The van der Waals surface area contributed by atoms with Crippen LogP contribution in [0.2, 0.25) is 0 Å². The molecule has 0 fully saturated rings. The van der Waals surface area contributed by atoms with Crippen LogP contribution in [-0.4, -0.2) is 19.1 Å². The van der Waals surface area contributed by atoms with Crippen molar-refractivity contribution in [1.82, 2.24) is 0 Å². The van der Waals surface area contributed by atoms with Crippen LogP contribution in [0.4, 0.5) is 5.69 Å². The second-order valence-corrected chi connectivity index (χ2v) is 5.53. The first kappa shape index (κ1) is 14.0. The molecule has 2 heteroatoms. The average molecular weight is 234 g/mol. The molecule has 1 rings (SSSR count). The molecule has 0 amide bonds. The van der Waals surface area contributed by atoms with Crippen molar-refractivity contribution in [2.24, 2.45) is 5.73 Å². The molecule has 2 N–H and O–H groups in total. The summed E-state index contributed by atoms with van der Waals surface area (Å²) in [5.74, 6) is 0. The largest absolute Gasteiger partial charge is 0.375 e. The Labute approximate surface area is 106 Å². The zero-order chi connectivity index (χ0) is 12.9. The smallest absolute Gasteiger partial charge is 0.0363 e. The van der Waals surface area contributed by atoms with E-state index in [0.29, 0.717) is 0 Å². The second kappa shape index (κ2) is 6.06. The third kappa shape index (κ3) is 5.22. The second-order valence-electron chi connectivity index (χ2n) is 5.53. The van der Waals surface area contributed by atoms with Crippen molar-refractivity contribution >= 4 is 5.69 Å². The predicted octanol–water partition coefficient (Wildman–Crippen LogP) is 3.20. The lowest BCUT2D eigenvalue weighted by Gasteiger charge is -2.23. The number of aryl methyl sites for hydroxylation is 1. The molecule has 0 radical (unpaired) electrons. The highest BCUT2D eigenvalue weighted by Gasteiger charge is 2.10. The van der Waals surface area contributed by atoms with Gasteiger partial charge in [-0.3, -0.25) is 0 Å². The van der Waals surface area contributed by atoms with Crippen LogP contribution in [-0.2, 0) is 6.42 Å². The van der Waals surface area contributed by atoms with E-state index < -0.39 is 0 Å². The summed E-state index contributed by atoms with van der Waals surface area (Å²) in [4.78, 5) is 2.30. The minimum Gasteiger partial charge on any atom is -0.375 e. The van der Waals surface area contributed by atoms with Gasteiger partial charge >= 0.3 is 0 Å². The maximum atomic E-state index is 5.98. The Bertz CT molecular complexity index is 322. The average Bonchev–Trinajstić information content (AvgIpc) is 2.27. The molecule has 0 unspecified atom stereocenters. The van der Waals surface area contributed by atoms with E-state index >= 15 is 0 Å². The van der Waals surface area contributed by atoms with Gasteiger partial charge in [0.2, 0.25) is 0 Å². The maximum absolute atomic E-state index is 5.98. The Morgan fingerprint density at radius 1 is 1.18 bits per heavy atom. The maximum Gasteiger partial charge on any atom is 0.0363 e. The van der Waals surface area contributed by atoms with Crippen LogP contribution in [0.15, 0.2) is 24.3 Å². The Balaban J connectivity index is 2.43. The molecule has 0 bridgehead atoms. The minimum absolute atomic E-state index is 0.0487. The van der Waals surface area contributed by atoms with Gasteiger partial charge in [0.1, 0.15) is 0 Å². The summed E-state index contributed by atoms with van der Waals surface area (Å²) in [5, 5.41) is 0. The molecule has 0 atom stereocenters. The predicted molar refractivity (Wildman–Crippen MR) is 76.6 cm³/mol. The van der Waals surface area contributed by atoms with Crippen LogP contribution >= 0.6 is 0 Å². The minimum atomic E-state index is -0.0487. The van der Waals surface area contributed by atoms with Crippen molar-refractivity contribution in [2.45, 2.75) is 45.6 Å². The molecule has 0 aromatic heterocycles. The summed E-state index contributed by atoms with van der Waals surface area (Å²) in [5.41, 5.74) is 8.61. The van der Waals surface area contributed by atoms with Gasteiger partial charge in [0.25, 0.3) is 0 Å². The quantitative estimate of drug-likeness (QED) is 0.819. The third-order valence-electron chi connectivity index (χ3n) is 3.10. The van der Waals surface area contributed by atoms with Crippen LogP contribution in [0, 0.1) is 0 Å². The number of nitrogens with zero attached hydrogens (tertiary/aromatic N) is 1. The van der Waals surface area contributed by atoms with Gasteiger partial charge in [0.05, 0.1) is 0 Å². The molecule has 96 valence electrons. The van der Waals surface area contributed by atoms with Crippen molar-refractivity contribution in [1.29, 1.82) is 0 Å². The third-order valence-corrected chi connectivity index (χ3v) is 3.10. The summed E-state index contributed by atoms with van der Waals surface area (Å²) < 4.78 is 0. The molecule has 2 nitrogen and oxygen atoms in total. The molecule has 1 aromatic carbocycles. The molecule has 0 saturated carbocycles. The number of anilines is 1. The summed E-state index contributed by atoms with van der Waals surface area (Å²) in [6.07, 6.45) is 3.30.